The van der Waals surface area contributed by atoms with Gasteiger partial charge in [-0.15, -0.1) is 0 Å². The van der Waals surface area contributed by atoms with Crippen molar-refractivity contribution in [2.24, 2.45) is 5.92 Å². The van der Waals surface area contributed by atoms with Crippen LogP contribution in [0.5, 0.6) is 0 Å². The van der Waals surface area contributed by atoms with Crippen molar-refractivity contribution < 1.29 is 14.4 Å². The number of hydrogen-bond donors (Lipinski definition) is 1. The van der Waals surface area contributed by atoms with Gasteiger partial charge in [-0.2, -0.15) is 0 Å². The molecule has 4 heteroatoms. The molecule has 19 heavy (non-hydrogen) atoms. The Bertz CT molecular complexity index is 410. The molecule has 0 aromatic heterocycles. The Kier molecular flexibility index (Phi) is 7.68. The Labute approximate surface area is 115 Å². The second-order valence-corrected chi connectivity index (χ2v) is 4.52. The fourth-order valence-electron chi connectivity index (χ4n) is 1.52. The molecule has 1 aromatic carbocycles. The molecule has 0 aliphatic heterocycles. The fourth-order valence-corrected chi connectivity index (χ4v) is 1.52. The Morgan fingerprint density at radius 3 is 2.00 bits per heavy atom. The van der Waals surface area contributed by atoms with Crippen LogP contribution < -0.4 is 5.48 Å². The highest BCUT2D eigenvalue weighted by atomic mass is 16.6. The van der Waals surface area contributed by atoms with Crippen molar-refractivity contribution >= 4 is 11.7 Å². The summed E-state index contributed by atoms with van der Waals surface area (Å²) in [4.78, 5) is 27.4. The van der Waals surface area contributed by atoms with Crippen molar-refractivity contribution in [2.45, 2.75) is 34.1 Å². The first-order valence-corrected chi connectivity index (χ1v) is 5.95. The average molecular weight is 265 g/mol. The average Bonchev–Trinajstić information content (AvgIpc) is 2.31. The zero-order chi connectivity index (χ0) is 13.5. The van der Waals surface area contributed by atoms with Gasteiger partial charge in [0.15, 0.2) is 0 Å². The number of hydrogen-bond acceptors (Lipinski definition) is 3. The van der Waals surface area contributed by atoms with Gasteiger partial charge < -0.3 is 0 Å². The number of amides is 1. The molecule has 0 aliphatic rings. The number of hydroxylamine groups is 1. The van der Waals surface area contributed by atoms with E-state index in [1.807, 2.05) is 38.1 Å². The lowest BCUT2D eigenvalue weighted by molar-refractivity contribution is -0.130. The van der Waals surface area contributed by atoms with Crippen LogP contribution in [0.4, 0.5) is 0 Å². The van der Waals surface area contributed by atoms with E-state index in [1.165, 1.54) is 7.11 Å². The maximum Gasteiger partial charge on any atom is 0.247 e. The molecule has 0 fully saturated rings. The number of rotatable bonds is 6. The molecule has 1 amide bonds. The second kappa shape index (κ2) is 8.43. The molecule has 0 saturated heterocycles. The van der Waals surface area contributed by atoms with E-state index >= 15 is 0 Å². The summed E-state index contributed by atoms with van der Waals surface area (Å²) >= 11 is 0. The van der Waals surface area contributed by atoms with Gasteiger partial charge in [-0.1, -0.05) is 45.5 Å². The van der Waals surface area contributed by atoms with Crippen LogP contribution >= 0.6 is 0 Å². The van der Waals surface area contributed by atoms with Crippen molar-refractivity contribution in [3.63, 3.8) is 0 Å². The zero-order valence-corrected chi connectivity index (χ0v) is 11.0. The van der Waals surface area contributed by atoms with Crippen molar-refractivity contribution in [3.8, 4) is 0 Å². The van der Waals surface area contributed by atoms with E-state index < -0.39 is 0 Å². The first-order valence-electron chi connectivity index (χ1n) is 5.95. The number of carbonyl (C=O) groups is 2. The lowest BCUT2D eigenvalue weighted by Crippen LogP contribution is -2.23. The summed E-state index contributed by atoms with van der Waals surface area (Å²) in [7, 11) is 1.40. The van der Waals surface area contributed by atoms with Crippen molar-refractivity contribution in [1.29, 1.82) is 0 Å². The third-order valence-corrected chi connectivity index (χ3v) is 2.63. The Balaban J connectivity index is 0.00000324. The summed E-state index contributed by atoms with van der Waals surface area (Å²) in [5, 5.41) is 0. The van der Waals surface area contributed by atoms with E-state index in [4.69, 9.17) is 0 Å². The van der Waals surface area contributed by atoms with Gasteiger partial charge in [0, 0.05) is 12.3 Å². The van der Waals surface area contributed by atoms with Crippen LogP contribution in [-0.4, -0.2) is 18.8 Å². The van der Waals surface area contributed by atoms with Crippen LogP contribution in [0, 0.1) is 5.92 Å². The number of nitrogens with one attached hydrogen (secondary N) is 1. The van der Waals surface area contributed by atoms with Gasteiger partial charge in [0.2, 0.25) is 5.91 Å². The summed E-state index contributed by atoms with van der Waals surface area (Å²) in [6, 6.07) is 7.49. The zero-order valence-electron chi connectivity index (χ0n) is 11.0. The molecule has 0 unspecified atom stereocenters. The minimum absolute atomic E-state index is 0. The Morgan fingerprint density at radius 2 is 1.58 bits per heavy atom. The quantitative estimate of drug-likeness (QED) is 0.803. The van der Waals surface area contributed by atoms with Crippen molar-refractivity contribution in [1.82, 2.24) is 5.48 Å². The molecule has 1 aromatic rings. The van der Waals surface area contributed by atoms with E-state index in [9.17, 15) is 9.59 Å². The summed E-state index contributed by atoms with van der Waals surface area (Å²) in [5.41, 5.74) is 4.13. The topological polar surface area (TPSA) is 55.4 Å². The SMILES string of the molecule is C.CONC(=O)Cc1ccc(CC(=O)C(C)C)cc1. The number of benzene rings is 1. The Hall–Kier alpha value is -1.68. The Morgan fingerprint density at radius 1 is 1.11 bits per heavy atom. The molecule has 4 nitrogen and oxygen atoms in total. The van der Waals surface area contributed by atoms with Gasteiger partial charge in [0.05, 0.1) is 13.5 Å². The predicted octanol–water partition coefficient (Wildman–Crippen LogP) is 2.31. The summed E-state index contributed by atoms with van der Waals surface area (Å²) in [5.74, 6) is 0.0838. The van der Waals surface area contributed by atoms with E-state index in [-0.39, 0.29) is 31.5 Å². The molecule has 1 rings (SSSR count). The van der Waals surface area contributed by atoms with E-state index in [1.54, 1.807) is 0 Å². The van der Waals surface area contributed by atoms with Gasteiger partial charge in [-0.3, -0.25) is 14.4 Å². The van der Waals surface area contributed by atoms with Crippen LogP contribution in [0.1, 0.15) is 32.4 Å². The van der Waals surface area contributed by atoms with Gasteiger partial charge in [-0.05, 0) is 11.1 Å². The third-order valence-electron chi connectivity index (χ3n) is 2.63. The van der Waals surface area contributed by atoms with Crippen molar-refractivity contribution in [2.75, 3.05) is 7.11 Å². The summed E-state index contributed by atoms with van der Waals surface area (Å²) in [6.45, 7) is 3.79. The largest absolute Gasteiger partial charge is 0.299 e. The van der Waals surface area contributed by atoms with Crippen LogP contribution in [0.25, 0.3) is 0 Å². The summed E-state index contributed by atoms with van der Waals surface area (Å²) in [6.07, 6.45) is 0.717. The molecule has 0 heterocycles. The minimum atomic E-state index is -0.191. The molecule has 0 radical (unpaired) electrons. The smallest absolute Gasteiger partial charge is 0.247 e. The van der Waals surface area contributed by atoms with Gasteiger partial charge in [-0.25, -0.2) is 5.48 Å². The van der Waals surface area contributed by atoms with E-state index in [2.05, 4.69) is 10.3 Å². The highest BCUT2D eigenvalue weighted by Crippen LogP contribution is 2.09. The molecule has 0 saturated carbocycles. The molecule has 1 N–H and O–H groups in total. The number of ketones is 1. The maximum atomic E-state index is 11.6. The monoisotopic (exact) mass is 265 g/mol. The third kappa shape index (κ3) is 6.15. The standard InChI is InChI=1S/C14H19NO3.CH4/c1-10(2)13(16)8-11-4-6-12(7-5-11)9-14(17)15-18-3;/h4-7,10H,8-9H2,1-3H3,(H,15,17);1H4. The van der Waals surface area contributed by atoms with Crippen LogP contribution in [0.15, 0.2) is 24.3 Å². The number of Topliss-reactive ketones (excluding diaryl/α,β-unsaturated/α-hetero) is 1. The minimum Gasteiger partial charge on any atom is -0.299 e. The number of carbonyl (C=O) groups excluding carboxylic acids is 2. The van der Waals surface area contributed by atoms with E-state index in [0.717, 1.165) is 11.1 Å². The van der Waals surface area contributed by atoms with E-state index in [0.29, 0.717) is 6.42 Å². The van der Waals surface area contributed by atoms with Gasteiger partial charge in [0.25, 0.3) is 0 Å². The first kappa shape index (κ1) is 17.3. The van der Waals surface area contributed by atoms with Gasteiger partial charge >= 0.3 is 0 Å². The van der Waals surface area contributed by atoms with Gasteiger partial charge in [0.1, 0.15) is 5.78 Å². The normalized spacial score (nSPS) is 9.89. The molecule has 0 spiro atoms. The lowest BCUT2D eigenvalue weighted by atomic mass is 10.00. The lowest BCUT2D eigenvalue weighted by Gasteiger charge is -2.06. The summed E-state index contributed by atoms with van der Waals surface area (Å²) < 4.78 is 0. The molecule has 0 atom stereocenters. The maximum absolute atomic E-state index is 11.6. The highest BCUT2D eigenvalue weighted by Gasteiger charge is 2.08. The molecule has 0 bridgehead atoms. The van der Waals surface area contributed by atoms with Crippen LogP contribution in [0.3, 0.4) is 0 Å². The van der Waals surface area contributed by atoms with Crippen LogP contribution in [0.2, 0.25) is 0 Å². The highest BCUT2D eigenvalue weighted by molar-refractivity contribution is 5.82. The fraction of sp³-hybridized carbons (Fsp3) is 0.467. The predicted molar refractivity (Wildman–Crippen MR) is 75.6 cm³/mol. The molecule has 106 valence electrons. The first-order chi connectivity index (χ1) is 8.52. The second-order valence-electron chi connectivity index (χ2n) is 4.52. The molecular formula is C15H23NO3. The van der Waals surface area contributed by atoms with Crippen molar-refractivity contribution in [3.05, 3.63) is 35.4 Å². The molecular weight excluding hydrogens is 242 g/mol. The van der Waals surface area contributed by atoms with Crippen LogP contribution in [-0.2, 0) is 27.3 Å². The molecule has 0 aliphatic carbocycles.